The molecular weight excluding hydrogens is 955 g/mol. The monoisotopic (exact) mass is 1020 g/mol. The number of nitrogens with one attached hydrogen (secondary N) is 2. The van der Waals surface area contributed by atoms with Crippen LogP contribution < -0.4 is 27.6 Å². The number of benzene rings is 4. The van der Waals surface area contributed by atoms with Gasteiger partial charge in [0.25, 0.3) is 0 Å². The summed E-state index contributed by atoms with van der Waals surface area (Å²) in [6.07, 6.45) is 10.1. The summed E-state index contributed by atoms with van der Waals surface area (Å²) >= 11 is 2.29. The van der Waals surface area contributed by atoms with Gasteiger partial charge in [-0.25, -0.2) is 14.7 Å². The third-order valence-electron chi connectivity index (χ3n) is 13.6. The molecule has 0 amide bonds. The van der Waals surface area contributed by atoms with Crippen molar-refractivity contribution < 1.29 is 18.6 Å². The number of aromatic amines is 1. The summed E-state index contributed by atoms with van der Waals surface area (Å²) in [5, 5.41) is 13.7. The molecule has 3 fully saturated rings. The Bertz CT molecular complexity index is 2520. The zero-order chi connectivity index (χ0) is 48.4. The predicted octanol–water partition coefficient (Wildman–Crippen LogP) is 7.77. The zero-order valence-electron chi connectivity index (χ0n) is 40.9. The Kier molecular flexibility index (Phi) is 17.5. The first-order valence-electron chi connectivity index (χ1n) is 23.4. The number of rotatable bonds is 9. The summed E-state index contributed by atoms with van der Waals surface area (Å²) in [5.74, 6) is 0.957. The fourth-order valence-electron chi connectivity index (χ4n) is 7.99. The van der Waals surface area contributed by atoms with E-state index >= 15 is 0 Å². The normalized spacial score (nSPS) is 19.9. The molecule has 4 aromatic carbocycles. The van der Waals surface area contributed by atoms with Gasteiger partial charge in [-0.3, -0.25) is 9.13 Å². The molecule has 356 valence electrons. The molecule has 0 bridgehead atoms. The first-order chi connectivity index (χ1) is 31.8. The SMILES string of the molecule is CC1(C)OB(c2ccc(-n3ncn(Cc4ccccc4)c3=O)cc2)OC1(C)C.CC1(C)OB(c2ccc(I)cc2)OC1(C)C.CC[C@@H]1CCCC[C@@H]1NC.O=c1[nH]ncn1Cc1ccccc1. The summed E-state index contributed by atoms with van der Waals surface area (Å²) in [6.45, 7) is 19.8. The smallest absolute Gasteiger partial charge is 0.399 e. The maximum Gasteiger partial charge on any atom is 0.494 e. The summed E-state index contributed by atoms with van der Waals surface area (Å²) in [6, 6.07) is 36.3. The van der Waals surface area contributed by atoms with Crippen LogP contribution in [-0.4, -0.2) is 78.8 Å². The topological polar surface area (TPSA) is 139 Å². The maximum absolute atomic E-state index is 12.7. The lowest BCUT2D eigenvalue weighted by atomic mass is 9.79. The van der Waals surface area contributed by atoms with Crippen LogP contribution in [0.4, 0.5) is 0 Å². The van der Waals surface area contributed by atoms with Crippen LogP contribution in [0.25, 0.3) is 5.69 Å². The average molecular weight is 1020 g/mol. The molecule has 0 radical (unpaired) electrons. The van der Waals surface area contributed by atoms with Crippen LogP contribution in [0, 0.1) is 9.49 Å². The molecule has 2 aromatic heterocycles. The summed E-state index contributed by atoms with van der Waals surface area (Å²) in [4.78, 5) is 23.8. The summed E-state index contributed by atoms with van der Waals surface area (Å²) in [5.41, 5.74) is 3.20. The minimum atomic E-state index is -0.425. The van der Waals surface area contributed by atoms with Crippen molar-refractivity contribution in [3.63, 3.8) is 0 Å². The number of hydrogen-bond acceptors (Lipinski definition) is 9. The van der Waals surface area contributed by atoms with Gasteiger partial charge in [-0.1, -0.05) is 111 Å². The molecule has 67 heavy (non-hydrogen) atoms. The van der Waals surface area contributed by atoms with Crippen molar-refractivity contribution in [3.05, 3.63) is 158 Å². The molecule has 16 heteroatoms. The van der Waals surface area contributed by atoms with Gasteiger partial charge >= 0.3 is 25.6 Å². The van der Waals surface area contributed by atoms with Crippen LogP contribution in [0.5, 0.6) is 0 Å². The van der Waals surface area contributed by atoms with Crippen molar-refractivity contribution >= 4 is 47.8 Å². The van der Waals surface area contributed by atoms with Crippen LogP contribution in [-0.2, 0) is 31.7 Å². The van der Waals surface area contributed by atoms with Crippen molar-refractivity contribution in [1.29, 1.82) is 0 Å². The highest BCUT2D eigenvalue weighted by molar-refractivity contribution is 14.1. The molecule has 2 atom stereocenters. The molecular formula is C51H68B2IN7O6. The highest BCUT2D eigenvalue weighted by atomic mass is 127. The largest absolute Gasteiger partial charge is 0.494 e. The second kappa shape index (κ2) is 22.7. The van der Waals surface area contributed by atoms with E-state index in [1.54, 1.807) is 10.9 Å². The van der Waals surface area contributed by atoms with Gasteiger partial charge in [0.15, 0.2) is 0 Å². The van der Waals surface area contributed by atoms with Crippen molar-refractivity contribution in [2.24, 2.45) is 5.92 Å². The minimum absolute atomic E-state index is 0.174. The van der Waals surface area contributed by atoms with Crippen molar-refractivity contribution in [2.75, 3.05) is 7.05 Å². The third-order valence-corrected chi connectivity index (χ3v) is 14.3. The number of nitrogens with zero attached hydrogens (tertiary/aromatic N) is 5. The van der Waals surface area contributed by atoms with Gasteiger partial charge in [0.05, 0.1) is 41.2 Å². The Balaban J connectivity index is 0.000000161. The van der Waals surface area contributed by atoms with E-state index in [0.29, 0.717) is 18.8 Å². The Morgan fingerprint density at radius 2 is 1.12 bits per heavy atom. The van der Waals surface area contributed by atoms with E-state index in [1.165, 1.54) is 51.3 Å². The van der Waals surface area contributed by atoms with Gasteiger partial charge < -0.3 is 23.9 Å². The molecule has 6 aromatic rings. The van der Waals surface area contributed by atoms with Gasteiger partial charge in [0, 0.05) is 9.61 Å². The second-order valence-electron chi connectivity index (χ2n) is 19.4. The molecule has 2 aliphatic heterocycles. The number of H-pyrrole nitrogens is 1. The van der Waals surface area contributed by atoms with E-state index in [2.05, 4.69) is 109 Å². The van der Waals surface area contributed by atoms with Crippen LogP contribution in [0.3, 0.4) is 0 Å². The number of aromatic nitrogens is 6. The molecule has 2 N–H and O–H groups in total. The van der Waals surface area contributed by atoms with Gasteiger partial charge in [-0.15, -0.1) is 0 Å². The quantitative estimate of drug-likeness (QED) is 0.110. The van der Waals surface area contributed by atoms with E-state index in [0.717, 1.165) is 34.0 Å². The number of hydrogen-bond donors (Lipinski definition) is 2. The van der Waals surface area contributed by atoms with Crippen molar-refractivity contribution in [2.45, 2.75) is 136 Å². The number of halogens is 1. The van der Waals surface area contributed by atoms with E-state index in [-0.39, 0.29) is 40.9 Å². The maximum atomic E-state index is 12.7. The lowest BCUT2D eigenvalue weighted by Gasteiger charge is -2.32. The summed E-state index contributed by atoms with van der Waals surface area (Å²) in [7, 11) is 1.42. The van der Waals surface area contributed by atoms with E-state index in [1.807, 2.05) is 113 Å². The average Bonchev–Trinajstić information content (AvgIpc) is 4.01. The standard InChI is InChI=1S/C21H24BN3O3.C12H16BIO2.C9H9N3O.C9H19N/c1-20(2)21(3,4)28-22(27-20)17-10-12-18(13-11-17)25-19(26)24(15-23-25)14-16-8-6-5-7-9-16;1-11(2)12(3,4)16-13(15-11)9-5-7-10(14)8-6-9;13-9-11-10-7-12(9)6-8-4-2-1-3-5-8;1-3-8-6-4-5-7-9(8)10-2/h5-13,15H,14H2,1-4H3;5-8H,1-4H3;1-5,7H,6H2,(H,11,13);8-10H,3-7H2,1-2H3/t;;;8-,9+/m...1/s1. The van der Waals surface area contributed by atoms with E-state index < -0.39 is 7.12 Å². The third kappa shape index (κ3) is 13.4. The molecule has 0 spiro atoms. The molecule has 4 heterocycles. The molecule has 1 saturated carbocycles. The first kappa shape index (κ1) is 51.8. The fourth-order valence-corrected chi connectivity index (χ4v) is 8.35. The summed E-state index contributed by atoms with van der Waals surface area (Å²) < 4.78 is 29.8. The minimum Gasteiger partial charge on any atom is -0.399 e. The zero-order valence-corrected chi connectivity index (χ0v) is 43.0. The Labute approximate surface area is 410 Å². The molecule has 2 saturated heterocycles. The fraction of sp³-hybridized carbons (Fsp3) is 0.451. The van der Waals surface area contributed by atoms with Crippen LogP contribution in [0.1, 0.15) is 106 Å². The lowest BCUT2D eigenvalue weighted by molar-refractivity contribution is 0.00578. The molecule has 1 aliphatic carbocycles. The van der Waals surface area contributed by atoms with Gasteiger partial charge in [0.2, 0.25) is 0 Å². The molecule has 13 nitrogen and oxygen atoms in total. The van der Waals surface area contributed by atoms with Crippen molar-refractivity contribution in [1.82, 2.24) is 34.4 Å². The van der Waals surface area contributed by atoms with E-state index in [9.17, 15) is 9.59 Å². The first-order valence-corrected chi connectivity index (χ1v) is 24.5. The van der Waals surface area contributed by atoms with E-state index in [4.69, 9.17) is 18.6 Å². The highest BCUT2D eigenvalue weighted by Crippen LogP contribution is 2.37. The van der Waals surface area contributed by atoms with Gasteiger partial charge in [-0.05, 0) is 150 Å². The Hall–Kier alpha value is -4.58. The predicted molar refractivity (Wildman–Crippen MR) is 277 cm³/mol. The van der Waals surface area contributed by atoms with Crippen LogP contribution in [0.2, 0.25) is 0 Å². The van der Waals surface area contributed by atoms with Gasteiger partial charge in [-0.2, -0.15) is 14.9 Å². The van der Waals surface area contributed by atoms with Crippen LogP contribution >= 0.6 is 22.6 Å². The lowest BCUT2D eigenvalue weighted by Crippen LogP contribution is -2.41. The second-order valence-corrected chi connectivity index (χ2v) is 20.6. The highest BCUT2D eigenvalue weighted by Gasteiger charge is 2.52. The van der Waals surface area contributed by atoms with Gasteiger partial charge in [0.1, 0.15) is 12.7 Å². The molecule has 0 unspecified atom stereocenters. The molecule has 9 rings (SSSR count). The Morgan fingerprint density at radius 3 is 1.55 bits per heavy atom. The Morgan fingerprint density at radius 1 is 0.657 bits per heavy atom. The van der Waals surface area contributed by atoms with Crippen LogP contribution in [0.15, 0.2) is 131 Å². The molecule has 3 aliphatic rings. The van der Waals surface area contributed by atoms with Crippen molar-refractivity contribution in [3.8, 4) is 5.69 Å².